The van der Waals surface area contributed by atoms with E-state index in [1.807, 2.05) is 18.2 Å². The molecule has 1 amide bonds. The minimum absolute atomic E-state index is 0.0244. The maximum Gasteiger partial charge on any atom is 0.417 e. The quantitative estimate of drug-likeness (QED) is 0.391. The fourth-order valence-corrected chi connectivity index (χ4v) is 4.77. The van der Waals surface area contributed by atoms with E-state index in [9.17, 15) is 9.59 Å². The minimum Gasteiger partial charge on any atom is -0.452 e. The highest BCUT2D eigenvalue weighted by molar-refractivity contribution is 14.1. The summed E-state index contributed by atoms with van der Waals surface area (Å²) in [6, 6.07) is 0. The lowest BCUT2D eigenvalue weighted by atomic mass is 9.79. The summed E-state index contributed by atoms with van der Waals surface area (Å²) in [4.78, 5) is 26.4. The standard InChI is InChI=1S/C17H20INO4/c1-3-4-7-10-11-8-5-6-9-12-13(10)16(20)23-15(14(11)18)19(12)17(21)22-2/h5-6,8-11,14-15H,3-4,7H2,1-2H3/b8-5-,9-6-/t10-,11-,14+,15+/m1/s1. The average molecular weight is 429 g/mol. The predicted octanol–water partition coefficient (Wildman–Crippen LogP) is 3.56. The van der Waals surface area contributed by atoms with Gasteiger partial charge in [0.1, 0.15) is 0 Å². The van der Waals surface area contributed by atoms with Crippen molar-refractivity contribution in [2.45, 2.75) is 36.3 Å². The molecule has 124 valence electrons. The zero-order valence-corrected chi connectivity index (χ0v) is 15.4. The fourth-order valence-electron chi connectivity index (χ4n) is 3.56. The lowest BCUT2D eigenvalue weighted by molar-refractivity contribution is -0.152. The van der Waals surface area contributed by atoms with Gasteiger partial charge in [-0.15, -0.1) is 0 Å². The first kappa shape index (κ1) is 16.5. The number of fused-ring (bicyclic) bond motifs is 1. The third-order valence-corrected chi connectivity index (χ3v) is 6.10. The van der Waals surface area contributed by atoms with Crippen molar-refractivity contribution in [3.05, 3.63) is 35.6 Å². The lowest BCUT2D eigenvalue weighted by Crippen LogP contribution is -2.49. The fraction of sp³-hybridized carbons (Fsp3) is 0.529. The molecule has 4 bridgehead atoms. The Labute approximate surface area is 149 Å². The Morgan fingerprint density at radius 2 is 2.22 bits per heavy atom. The van der Waals surface area contributed by atoms with Crippen molar-refractivity contribution in [1.82, 2.24) is 4.90 Å². The molecule has 1 fully saturated rings. The number of hydrogen-bond donors (Lipinski definition) is 0. The Morgan fingerprint density at radius 3 is 2.91 bits per heavy atom. The third kappa shape index (κ3) is 2.70. The second kappa shape index (κ2) is 6.67. The van der Waals surface area contributed by atoms with Crippen molar-refractivity contribution in [1.29, 1.82) is 0 Å². The first-order valence-corrected chi connectivity index (χ1v) is 9.16. The van der Waals surface area contributed by atoms with Crippen molar-refractivity contribution in [2.24, 2.45) is 11.8 Å². The average Bonchev–Trinajstić information content (AvgIpc) is 2.65. The monoisotopic (exact) mass is 429 g/mol. The highest BCUT2D eigenvalue weighted by Crippen LogP contribution is 2.46. The molecule has 23 heavy (non-hydrogen) atoms. The summed E-state index contributed by atoms with van der Waals surface area (Å²) in [5.41, 5.74) is 1.25. The van der Waals surface area contributed by atoms with Gasteiger partial charge in [0.15, 0.2) is 6.23 Å². The summed E-state index contributed by atoms with van der Waals surface area (Å²) >= 11 is 2.30. The van der Waals surface area contributed by atoms with E-state index in [4.69, 9.17) is 9.47 Å². The summed E-state index contributed by atoms with van der Waals surface area (Å²) < 4.78 is 10.5. The summed E-state index contributed by atoms with van der Waals surface area (Å²) in [5.74, 6) is -0.0706. The van der Waals surface area contributed by atoms with Gasteiger partial charge in [0, 0.05) is 11.8 Å². The summed E-state index contributed by atoms with van der Waals surface area (Å²) in [7, 11) is 1.35. The number of ether oxygens (including phenoxy) is 2. The van der Waals surface area contributed by atoms with Crippen molar-refractivity contribution in [3.8, 4) is 0 Å². The number of nitrogens with zero attached hydrogens (tertiary/aromatic N) is 1. The summed E-state index contributed by atoms with van der Waals surface area (Å²) in [5, 5.41) is 0. The third-order valence-electron chi connectivity index (χ3n) is 4.65. The van der Waals surface area contributed by atoms with Gasteiger partial charge in [-0.1, -0.05) is 60.6 Å². The van der Waals surface area contributed by atoms with E-state index in [-0.39, 0.29) is 21.7 Å². The van der Waals surface area contributed by atoms with Gasteiger partial charge in [0.2, 0.25) is 0 Å². The number of carbonyl (C=O) groups is 2. The first-order chi connectivity index (χ1) is 11.1. The van der Waals surface area contributed by atoms with Crippen molar-refractivity contribution < 1.29 is 19.1 Å². The minimum atomic E-state index is -0.627. The summed E-state index contributed by atoms with van der Waals surface area (Å²) in [6.45, 7) is 2.14. The van der Waals surface area contributed by atoms with Crippen molar-refractivity contribution >= 4 is 34.7 Å². The van der Waals surface area contributed by atoms with E-state index >= 15 is 0 Å². The topological polar surface area (TPSA) is 55.8 Å². The zero-order valence-electron chi connectivity index (χ0n) is 13.2. The maximum absolute atomic E-state index is 12.6. The number of amides is 1. The van der Waals surface area contributed by atoms with Crippen LogP contribution in [0.5, 0.6) is 0 Å². The van der Waals surface area contributed by atoms with E-state index in [1.54, 1.807) is 0 Å². The molecular formula is C17H20INO4. The Hall–Kier alpha value is -1.31. The molecule has 4 rings (SSSR count). The van der Waals surface area contributed by atoms with Crippen LogP contribution in [0.4, 0.5) is 4.79 Å². The predicted molar refractivity (Wildman–Crippen MR) is 93.7 cm³/mol. The lowest BCUT2D eigenvalue weighted by Gasteiger charge is -2.35. The van der Waals surface area contributed by atoms with Crippen LogP contribution in [0.2, 0.25) is 0 Å². The first-order valence-electron chi connectivity index (χ1n) is 7.91. The second-order valence-electron chi connectivity index (χ2n) is 5.95. The number of alkyl halides is 1. The molecular weight excluding hydrogens is 409 g/mol. The smallest absolute Gasteiger partial charge is 0.417 e. The molecule has 0 N–H and O–H groups in total. The van der Waals surface area contributed by atoms with Gasteiger partial charge in [0.25, 0.3) is 0 Å². The number of carbonyl (C=O) groups excluding carboxylic acids is 2. The van der Waals surface area contributed by atoms with Gasteiger partial charge in [-0.3, -0.25) is 0 Å². The van der Waals surface area contributed by atoms with E-state index < -0.39 is 12.3 Å². The molecule has 4 aliphatic rings. The molecule has 0 saturated carbocycles. The number of rotatable bonds is 3. The van der Waals surface area contributed by atoms with E-state index in [0.29, 0.717) is 11.3 Å². The highest BCUT2D eigenvalue weighted by atomic mass is 127. The van der Waals surface area contributed by atoms with Crippen LogP contribution in [0, 0.1) is 11.8 Å². The van der Waals surface area contributed by atoms with Gasteiger partial charge in [-0.25, -0.2) is 14.5 Å². The number of esters is 1. The highest BCUT2D eigenvalue weighted by Gasteiger charge is 2.52. The largest absolute Gasteiger partial charge is 0.452 e. The normalized spacial score (nSPS) is 34.6. The van der Waals surface area contributed by atoms with Gasteiger partial charge in [-0.05, 0) is 12.5 Å². The van der Waals surface area contributed by atoms with Gasteiger partial charge < -0.3 is 9.47 Å². The second-order valence-corrected chi connectivity index (χ2v) is 7.39. The number of allylic oxidation sites excluding steroid dienone is 4. The molecule has 5 nitrogen and oxygen atoms in total. The number of unbranched alkanes of at least 4 members (excludes halogenated alkanes) is 1. The van der Waals surface area contributed by atoms with Crippen LogP contribution in [0.3, 0.4) is 0 Å². The molecule has 3 heterocycles. The van der Waals surface area contributed by atoms with E-state index in [1.165, 1.54) is 12.0 Å². The Morgan fingerprint density at radius 1 is 1.43 bits per heavy atom. The van der Waals surface area contributed by atoms with E-state index in [2.05, 4.69) is 35.6 Å². The molecule has 0 unspecified atom stereocenters. The van der Waals surface area contributed by atoms with Gasteiger partial charge >= 0.3 is 12.1 Å². The molecule has 6 heteroatoms. The molecule has 4 atom stereocenters. The molecule has 0 aromatic heterocycles. The van der Waals surface area contributed by atoms with Crippen molar-refractivity contribution in [2.75, 3.05) is 7.11 Å². The molecule has 1 aliphatic carbocycles. The molecule has 0 radical (unpaired) electrons. The van der Waals surface area contributed by atoms with Crippen LogP contribution in [0.15, 0.2) is 35.6 Å². The molecule has 0 spiro atoms. The Bertz CT molecular complexity index is 610. The van der Waals surface area contributed by atoms with Crippen LogP contribution < -0.4 is 0 Å². The molecule has 1 saturated heterocycles. The van der Waals surface area contributed by atoms with Crippen LogP contribution in [-0.2, 0) is 14.3 Å². The van der Waals surface area contributed by atoms with Gasteiger partial charge in [-0.2, -0.15) is 0 Å². The van der Waals surface area contributed by atoms with E-state index in [0.717, 1.165) is 19.3 Å². The Kier molecular flexibility index (Phi) is 4.79. The molecule has 0 aromatic rings. The van der Waals surface area contributed by atoms with Crippen LogP contribution >= 0.6 is 22.6 Å². The number of methoxy groups -OCH3 is 1. The van der Waals surface area contributed by atoms with Crippen LogP contribution in [0.1, 0.15) is 26.2 Å². The van der Waals surface area contributed by atoms with Crippen molar-refractivity contribution in [3.63, 3.8) is 0 Å². The maximum atomic E-state index is 12.6. The number of halogens is 1. The molecule has 3 aliphatic heterocycles. The van der Waals surface area contributed by atoms with Crippen LogP contribution in [0.25, 0.3) is 0 Å². The SMILES string of the molecule is CCCC[C@H]1C2=C3/C=C\C=C/[C@H]1[C@H](I)[C@H](OC2=O)N3C(=O)OC. The number of hydrogen-bond acceptors (Lipinski definition) is 4. The Balaban J connectivity index is 2.18. The van der Waals surface area contributed by atoms with Gasteiger partial charge in [0.05, 0.1) is 22.3 Å². The zero-order chi connectivity index (χ0) is 16.6. The summed E-state index contributed by atoms with van der Waals surface area (Å²) in [6.07, 6.45) is 9.73. The molecule has 0 aromatic carbocycles. The van der Waals surface area contributed by atoms with Crippen LogP contribution in [-0.4, -0.2) is 34.2 Å².